The van der Waals surface area contributed by atoms with Gasteiger partial charge in [0.1, 0.15) is 11.3 Å². The van der Waals surface area contributed by atoms with Gasteiger partial charge in [0.05, 0.1) is 37.1 Å². The van der Waals surface area contributed by atoms with Crippen molar-refractivity contribution in [2.75, 3.05) is 31.2 Å². The van der Waals surface area contributed by atoms with Crippen LogP contribution in [0.3, 0.4) is 0 Å². The van der Waals surface area contributed by atoms with E-state index in [1.807, 2.05) is 13.8 Å². The number of nitrogens with zero attached hydrogens (tertiary/aromatic N) is 4. The topological polar surface area (TPSA) is 103 Å². The Balaban J connectivity index is 1.66. The Kier molecular flexibility index (Phi) is 4.76. The number of H-pyrrole nitrogens is 1. The highest BCUT2D eigenvalue weighted by atomic mass is 16.5. The number of carbonyl (C=O) groups excluding carboxylic acids is 2. The third-order valence-corrected chi connectivity index (χ3v) is 5.05. The van der Waals surface area contributed by atoms with Crippen LogP contribution in [0.15, 0.2) is 25.0 Å². The lowest BCUT2D eigenvalue weighted by Gasteiger charge is -2.50. The molecule has 148 valence electrons. The number of ether oxygens (including phenoxy) is 1. The van der Waals surface area contributed by atoms with Gasteiger partial charge in [0.2, 0.25) is 5.91 Å². The molecule has 9 nitrogen and oxygen atoms in total. The second-order valence-electron chi connectivity index (χ2n) is 7.46. The van der Waals surface area contributed by atoms with Crippen molar-refractivity contribution in [2.45, 2.75) is 32.0 Å². The number of piperazine rings is 1. The molecule has 0 saturated carbocycles. The van der Waals surface area contributed by atoms with Crippen LogP contribution in [0.4, 0.5) is 5.82 Å². The first-order chi connectivity index (χ1) is 13.5. The van der Waals surface area contributed by atoms with Crippen LogP contribution in [0.5, 0.6) is 0 Å². The zero-order valence-electron chi connectivity index (χ0n) is 16.0. The van der Waals surface area contributed by atoms with Crippen molar-refractivity contribution in [3.05, 3.63) is 30.6 Å². The average Bonchev–Trinajstić information content (AvgIpc) is 3.09. The number of carbonyl (C=O) groups is 2. The smallest absolute Gasteiger partial charge is 0.255 e. The highest BCUT2D eigenvalue weighted by molar-refractivity contribution is 6.04. The largest absolute Gasteiger partial charge is 0.377 e. The van der Waals surface area contributed by atoms with Gasteiger partial charge in [-0.2, -0.15) is 0 Å². The third kappa shape index (κ3) is 3.22. The molecule has 0 aromatic carbocycles. The van der Waals surface area contributed by atoms with Gasteiger partial charge >= 0.3 is 0 Å². The second-order valence-corrected chi connectivity index (χ2v) is 7.46. The molecule has 28 heavy (non-hydrogen) atoms. The quantitative estimate of drug-likeness (QED) is 0.752. The number of fused-ring (bicyclic) bond motifs is 3. The van der Waals surface area contributed by atoms with E-state index in [0.29, 0.717) is 48.8 Å². The lowest BCUT2D eigenvalue weighted by atomic mass is 10.0. The summed E-state index contributed by atoms with van der Waals surface area (Å²) in [6.45, 7) is 9.49. The number of nitrogens with one attached hydrogen (secondary N) is 2. The molecular weight excluding hydrogens is 360 g/mol. The Labute approximate surface area is 162 Å². The maximum atomic E-state index is 12.5. The monoisotopic (exact) mass is 384 g/mol. The van der Waals surface area contributed by atoms with E-state index in [0.717, 1.165) is 0 Å². The summed E-state index contributed by atoms with van der Waals surface area (Å²) in [4.78, 5) is 40.7. The van der Waals surface area contributed by atoms with E-state index in [1.165, 1.54) is 6.08 Å². The fraction of sp³-hybridized carbons (Fsp3) is 0.474. The highest BCUT2D eigenvalue weighted by Crippen LogP contribution is 2.28. The molecule has 0 spiro atoms. The second kappa shape index (κ2) is 7.23. The zero-order chi connectivity index (χ0) is 19.8. The Hall–Kier alpha value is -2.94. The van der Waals surface area contributed by atoms with Crippen LogP contribution in [0, 0.1) is 0 Å². The van der Waals surface area contributed by atoms with Crippen molar-refractivity contribution in [3.8, 4) is 0 Å². The minimum Gasteiger partial charge on any atom is -0.377 e. The van der Waals surface area contributed by atoms with E-state index in [4.69, 9.17) is 9.72 Å². The zero-order valence-corrected chi connectivity index (χ0v) is 16.0. The molecule has 2 saturated heterocycles. The highest BCUT2D eigenvalue weighted by Gasteiger charge is 2.40. The van der Waals surface area contributed by atoms with Crippen LogP contribution >= 0.6 is 0 Å². The van der Waals surface area contributed by atoms with E-state index in [-0.39, 0.29) is 29.9 Å². The van der Waals surface area contributed by atoms with Gasteiger partial charge in [-0.3, -0.25) is 9.59 Å². The number of hydrogen-bond donors (Lipinski definition) is 2. The number of hydrogen-bond acceptors (Lipinski definition) is 6. The van der Waals surface area contributed by atoms with Crippen LogP contribution in [0.2, 0.25) is 0 Å². The van der Waals surface area contributed by atoms with Gasteiger partial charge < -0.3 is 24.8 Å². The van der Waals surface area contributed by atoms with Crippen molar-refractivity contribution in [2.24, 2.45) is 0 Å². The van der Waals surface area contributed by atoms with E-state index >= 15 is 0 Å². The van der Waals surface area contributed by atoms with Crippen molar-refractivity contribution in [1.29, 1.82) is 0 Å². The summed E-state index contributed by atoms with van der Waals surface area (Å²) < 4.78 is 5.70. The first-order valence-electron chi connectivity index (χ1n) is 9.40. The standard InChI is InChI=1S/C19H24N6O3/c1-4-16(26)24-7-12-9-28-10-13(8-24)25(12)15-6-21-18-17(23-15)14(5-20-18)19(27)22-11(2)3/h4-6,11-13H,1,7-10H2,2-3H3,(H,20,21)(H,22,27). The van der Waals surface area contributed by atoms with E-state index < -0.39 is 0 Å². The van der Waals surface area contributed by atoms with E-state index in [1.54, 1.807) is 17.3 Å². The van der Waals surface area contributed by atoms with Crippen LogP contribution in [-0.2, 0) is 9.53 Å². The molecule has 2 N–H and O–H groups in total. The van der Waals surface area contributed by atoms with Crippen LogP contribution in [0.25, 0.3) is 11.2 Å². The first kappa shape index (κ1) is 18.4. The third-order valence-electron chi connectivity index (χ3n) is 5.05. The van der Waals surface area contributed by atoms with Gasteiger partial charge in [-0.15, -0.1) is 0 Å². The number of rotatable bonds is 4. The Morgan fingerprint density at radius 1 is 1.36 bits per heavy atom. The van der Waals surface area contributed by atoms with Crippen LogP contribution in [0.1, 0.15) is 24.2 Å². The predicted molar refractivity (Wildman–Crippen MR) is 104 cm³/mol. The number of aromatic nitrogens is 3. The molecule has 2 bridgehead atoms. The summed E-state index contributed by atoms with van der Waals surface area (Å²) in [5.74, 6) is 0.434. The molecule has 4 rings (SSSR count). The van der Waals surface area contributed by atoms with Gasteiger partial charge in [-0.05, 0) is 19.9 Å². The molecule has 9 heteroatoms. The Bertz CT molecular complexity index is 910. The van der Waals surface area contributed by atoms with Crippen molar-refractivity contribution in [1.82, 2.24) is 25.2 Å². The summed E-state index contributed by atoms with van der Waals surface area (Å²) in [6.07, 6.45) is 4.69. The molecule has 2 fully saturated rings. The van der Waals surface area contributed by atoms with Crippen molar-refractivity contribution < 1.29 is 14.3 Å². The predicted octanol–water partition coefficient (Wildman–Crippen LogP) is 0.698. The Morgan fingerprint density at radius 2 is 2.07 bits per heavy atom. The van der Waals surface area contributed by atoms with Crippen LogP contribution in [-0.4, -0.2) is 76.1 Å². The SMILES string of the molecule is C=CC(=O)N1CC2COCC(C1)N2c1cnc2[nH]cc(C(=O)NC(C)C)c2n1. The maximum absolute atomic E-state index is 12.5. The number of amides is 2. The molecule has 2 amide bonds. The summed E-state index contributed by atoms with van der Waals surface area (Å²) in [5, 5.41) is 2.89. The Morgan fingerprint density at radius 3 is 2.71 bits per heavy atom. The molecule has 4 heterocycles. The first-order valence-corrected chi connectivity index (χ1v) is 9.40. The molecule has 2 unspecified atom stereocenters. The summed E-state index contributed by atoms with van der Waals surface area (Å²) in [7, 11) is 0. The fourth-order valence-corrected chi connectivity index (χ4v) is 3.87. The summed E-state index contributed by atoms with van der Waals surface area (Å²) in [6, 6.07) is -0.00867. The molecule has 2 aromatic rings. The van der Waals surface area contributed by atoms with Crippen molar-refractivity contribution in [3.63, 3.8) is 0 Å². The van der Waals surface area contributed by atoms with Crippen molar-refractivity contribution >= 4 is 28.8 Å². The molecule has 2 aromatic heterocycles. The minimum absolute atomic E-state index is 0.0185. The van der Waals surface area contributed by atoms with Gasteiger partial charge in [0.25, 0.3) is 5.91 Å². The lowest BCUT2D eigenvalue weighted by Crippen LogP contribution is -2.65. The van der Waals surface area contributed by atoms with Gasteiger partial charge in [0.15, 0.2) is 5.65 Å². The molecule has 2 atom stereocenters. The molecule has 0 aliphatic carbocycles. The van der Waals surface area contributed by atoms with Gasteiger partial charge in [-0.1, -0.05) is 6.58 Å². The van der Waals surface area contributed by atoms with E-state index in [2.05, 4.69) is 26.8 Å². The normalized spacial score (nSPS) is 21.8. The lowest BCUT2D eigenvalue weighted by molar-refractivity contribution is -0.129. The number of anilines is 1. The molecule has 2 aliphatic heterocycles. The van der Waals surface area contributed by atoms with Gasteiger partial charge in [-0.25, -0.2) is 9.97 Å². The number of aromatic amines is 1. The molecule has 2 aliphatic rings. The molecular formula is C19H24N6O3. The van der Waals surface area contributed by atoms with Gasteiger partial charge in [0, 0.05) is 25.3 Å². The van der Waals surface area contributed by atoms with Crippen LogP contribution < -0.4 is 10.2 Å². The molecule has 0 radical (unpaired) electrons. The maximum Gasteiger partial charge on any atom is 0.255 e. The van der Waals surface area contributed by atoms with E-state index in [9.17, 15) is 9.59 Å². The number of morpholine rings is 1. The minimum atomic E-state index is -0.183. The summed E-state index contributed by atoms with van der Waals surface area (Å²) >= 11 is 0. The average molecular weight is 384 g/mol. The fourth-order valence-electron chi connectivity index (χ4n) is 3.87. The summed E-state index contributed by atoms with van der Waals surface area (Å²) in [5.41, 5.74) is 1.58.